The van der Waals surface area contributed by atoms with Gasteiger partial charge >= 0.3 is 0 Å². The van der Waals surface area contributed by atoms with E-state index in [0.717, 1.165) is 49.3 Å². The van der Waals surface area contributed by atoms with Gasteiger partial charge in [0.25, 0.3) is 0 Å². The lowest BCUT2D eigenvalue weighted by molar-refractivity contribution is 0.0722. The quantitative estimate of drug-likeness (QED) is 0.700. The summed E-state index contributed by atoms with van der Waals surface area (Å²) in [5.41, 5.74) is 3.26. The van der Waals surface area contributed by atoms with Crippen LogP contribution in [0.2, 0.25) is 0 Å². The zero-order valence-corrected chi connectivity index (χ0v) is 17.4. The van der Waals surface area contributed by atoms with Crippen molar-refractivity contribution in [3.8, 4) is 0 Å². The molecule has 0 amide bonds. The Bertz CT molecular complexity index is 1090. The summed E-state index contributed by atoms with van der Waals surface area (Å²) >= 11 is 0. The largest absolute Gasteiger partial charge is 0.381 e. The second-order valence-electron chi connectivity index (χ2n) is 8.22. The Kier molecular flexibility index (Phi) is 5.08. The maximum atomic E-state index is 5.56. The second-order valence-corrected chi connectivity index (χ2v) is 8.22. The first-order valence-electron chi connectivity index (χ1n) is 10.6. The molecule has 1 N–H and O–H groups in total. The van der Waals surface area contributed by atoms with Crippen LogP contribution in [0.3, 0.4) is 0 Å². The van der Waals surface area contributed by atoms with Gasteiger partial charge in [-0.25, -0.2) is 9.67 Å². The van der Waals surface area contributed by atoms with Gasteiger partial charge in [0, 0.05) is 38.6 Å². The zero-order chi connectivity index (χ0) is 20.5. The van der Waals surface area contributed by atoms with Gasteiger partial charge in [-0.15, -0.1) is 0 Å². The lowest BCUT2D eigenvalue weighted by atomic mass is 9.75. The number of aryl methyl sites for hydroxylation is 1. The highest BCUT2D eigenvalue weighted by Gasteiger charge is 2.28. The Morgan fingerprint density at radius 1 is 1.17 bits per heavy atom. The van der Waals surface area contributed by atoms with E-state index in [-0.39, 0.29) is 0 Å². The lowest BCUT2D eigenvalue weighted by Gasteiger charge is -2.33. The Labute approximate surface area is 175 Å². The first kappa shape index (κ1) is 19.0. The molecule has 2 unspecified atom stereocenters. The number of rotatable bonds is 5. The topological polar surface area (TPSA) is 82.7 Å². The predicted octanol–water partition coefficient (Wildman–Crippen LogP) is 3.48. The molecule has 0 spiro atoms. The minimum Gasteiger partial charge on any atom is -0.381 e. The number of nitrogens with zero attached hydrogens (tertiary/aromatic N) is 6. The molecular formula is C22H27N7O. The van der Waals surface area contributed by atoms with E-state index in [2.05, 4.69) is 45.6 Å². The Morgan fingerprint density at radius 3 is 2.83 bits per heavy atom. The van der Waals surface area contributed by atoms with Crippen LogP contribution in [0.25, 0.3) is 11.0 Å². The average molecular weight is 406 g/mol. The summed E-state index contributed by atoms with van der Waals surface area (Å²) in [4.78, 5) is 9.14. The molecule has 2 atom stereocenters. The maximum absolute atomic E-state index is 5.56. The van der Waals surface area contributed by atoms with Gasteiger partial charge in [0.2, 0.25) is 5.95 Å². The van der Waals surface area contributed by atoms with Crippen LogP contribution in [0.1, 0.15) is 19.8 Å². The van der Waals surface area contributed by atoms with Gasteiger partial charge < -0.3 is 10.1 Å². The van der Waals surface area contributed by atoms with Crippen LogP contribution in [0.5, 0.6) is 0 Å². The third-order valence-corrected chi connectivity index (χ3v) is 6.23. The van der Waals surface area contributed by atoms with Gasteiger partial charge in [-0.3, -0.25) is 4.68 Å². The van der Waals surface area contributed by atoms with Crippen molar-refractivity contribution in [3.05, 3.63) is 48.6 Å². The minimum absolute atomic E-state index is 0.389. The van der Waals surface area contributed by atoms with E-state index in [1.54, 1.807) is 16.5 Å². The van der Waals surface area contributed by atoms with E-state index in [1.165, 1.54) is 0 Å². The molecule has 0 saturated carbocycles. The van der Waals surface area contributed by atoms with Gasteiger partial charge in [-0.1, -0.05) is 30.7 Å². The number of ether oxygens (including phenoxy) is 1. The molecule has 8 heteroatoms. The van der Waals surface area contributed by atoms with Gasteiger partial charge in [-0.2, -0.15) is 15.2 Å². The molecule has 4 heterocycles. The van der Waals surface area contributed by atoms with Crippen LogP contribution >= 0.6 is 0 Å². The molecule has 3 aromatic rings. The van der Waals surface area contributed by atoms with Crippen molar-refractivity contribution in [1.29, 1.82) is 0 Å². The van der Waals surface area contributed by atoms with Crippen LogP contribution < -0.4 is 5.32 Å². The summed E-state index contributed by atoms with van der Waals surface area (Å²) in [6, 6.07) is 0. The number of fused-ring (bicyclic) bond motifs is 1. The molecule has 3 aromatic heterocycles. The molecule has 30 heavy (non-hydrogen) atoms. The van der Waals surface area contributed by atoms with Gasteiger partial charge in [0.15, 0.2) is 5.65 Å². The van der Waals surface area contributed by atoms with Gasteiger partial charge in [-0.05, 0) is 24.7 Å². The standard InChI is InChI=1S/C22H27N7O/c1-15-17(4-3-5-20(15)16-6-8-30-9-7-16)13-29-21-18(11-25-29)10-23-22(27-21)26-19-12-24-28(2)14-19/h3-5,10-12,14-17H,6-9,13H2,1-2H3,(H,23,26,27). The molecule has 0 radical (unpaired) electrons. The highest BCUT2D eigenvalue weighted by molar-refractivity contribution is 5.75. The van der Waals surface area contributed by atoms with Crippen LogP contribution in [-0.4, -0.2) is 42.7 Å². The first-order chi connectivity index (χ1) is 14.7. The number of anilines is 2. The number of hydrogen-bond donors (Lipinski definition) is 1. The van der Waals surface area contributed by atoms with Gasteiger partial charge in [0.1, 0.15) is 0 Å². The molecule has 2 aliphatic rings. The molecule has 8 nitrogen and oxygen atoms in total. The molecule has 1 aliphatic carbocycles. The second kappa shape index (κ2) is 8.02. The fraction of sp³-hybridized carbons (Fsp3) is 0.455. The van der Waals surface area contributed by atoms with E-state index in [4.69, 9.17) is 9.72 Å². The molecule has 1 fully saturated rings. The third-order valence-electron chi connectivity index (χ3n) is 6.23. The molecular weight excluding hydrogens is 378 g/mol. The molecule has 1 saturated heterocycles. The normalized spacial score (nSPS) is 22.4. The van der Waals surface area contributed by atoms with Crippen molar-refractivity contribution >= 4 is 22.7 Å². The Balaban J connectivity index is 1.35. The summed E-state index contributed by atoms with van der Waals surface area (Å²) in [6.45, 7) is 4.88. The smallest absolute Gasteiger partial charge is 0.229 e. The maximum Gasteiger partial charge on any atom is 0.229 e. The minimum atomic E-state index is 0.389. The average Bonchev–Trinajstić information content (AvgIpc) is 3.36. The van der Waals surface area contributed by atoms with Crippen molar-refractivity contribution < 1.29 is 4.74 Å². The van der Waals surface area contributed by atoms with Crippen LogP contribution in [0.4, 0.5) is 11.6 Å². The van der Waals surface area contributed by atoms with Crippen molar-refractivity contribution in [2.75, 3.05) is 18.5 Å². The van der Waals surface area contributed by atoms with E-state index >= 15 is 0 Å². The first-order valence-corrected chi connectivity index (χ1v) is 10.6. The van der Waals surface area contributed by atoms with E-state index in [9.17, 15) is 0 Å². The monoisotopic (exact) mass is 405 g/mol. The van der Waals surface area contributed by atoms with Crippen LogP contribution in [0, 0.1) is 17.8 Å². The number of aromatic nitrogens is 6. The highest BCUT2D eigenvalue weighted by Crippen LogP contribution is 2.36. The fourth-order valence-electron chi connectivity index (χ4n) is 4.51. The Morgan fingerprint density at radius 2 is 2.03 bits per heavy atom. The summed E-state index contributed by atoms with van der Waals surface area (Å²) in [7, 11) is 1.88. The van der Waals surface area contributed by atoms with Gasteiger partial charge in [0.05, 0.1) is 30.0 Å². The number of hydrogen-bond acceptors (Lipinski definition) is 6. The molecule has 0 bridgehead atoms. The summed E-state index contributed by atoms with van der Waals surface area (Å²) in [6.07, 6.45) is 16.4. The SMILES string of the molecule is CC1C(C2CCOCC2)=CC=CC1Cn1ncc2cnc(Nc3cnn(C)c3)nc21. The van der Waals surface area contributed by atoms with Crippen LogP contribution in [0.15, 0.2) is 48.6 Å². The number of nitrogens with one attached hydrogen (secondary N) is 1. The number of allylic oxidation sites excluding steroid dienone is 4. The zero-order valence-electron chi connectivity index (χ0n) is 17.4. The molecule has 156 valence electrons. The third kappa shape index (κ3) is 3.75. The Hall–Kier alpha value is -3.00. The molecule has 1 aliphatic heterocycles. The molecule has 0 aromatic carbocycles. The van der Waals surface area contributed by atoms with Crippen molar-refractivity contribution in [1.82, 2.24) is 29.5 Å². The van der Waals surface area contributed by atoms with E-state index in [1.807, 2.05) is 30.3 Å². The fourth-order valence-corrected chi connectivity index (χ4v) is 4.51. The van der Waals surface area contributed by atoms with Crippen molar-refractivity contribution in [2.45, 2.75) is 26.3 Å². The molecule has 5 rings (SSSR count). The van der Waals surface area contributed by atoms with Crippen molar-refractivity contribution in [3.63, 3.8) is 0 Å². The predicted molar refractivity (Wildman–Crippen MR) is 115 cm³/mol. The summed E-state index contributed by atoms with van der Waals surface area (Å²) < 4.78 is 9.30. The van der Waals surface area contributed by atoms with Crippen molar-refractivity contribution in [2.24, 2.45) is 24.8 Å². The lowest BCUT2D eigenvalue weighted by Crippen LogP contribution is -2.27. The summed E-state index contributed by atoms with van der Waals surface area (Å²) in [5, 5.41) is 12.9. The summed E-state index contributed by atoms with van der Waals surface area (Å²) in [5.74, 6) is 2.05. The van der Waals surface area contributed by atoms with Crippen LogP contribution in [-0.2, 0) is 18.3 Å². The van der Waals surface area contributed by atoms with E-state index < -0.39 is 0 Å². The highest BCUT2D eigenvalue weighted by atomic mass is 16.5. The van der Waals surface area contributed by atoms with E-state index in [0.29, 0.717) is 23.7 Å².